The summed E-state index contributed by atoms with van der Waals surface area (Å²) in [6, 6.07) is 19.5. The van der Waals surface area contributed by atoms with Crippen molar-refractivity contribution in [1.29, 1.82) is 0 Å². The fraction of sp³-hybridized carbons (Fsp3) is 0.231. The molecular weight excluding hydrogens is 454 g/mol. The Bertz CT molecular complexity index is 1120. The maximum atomic E-state index is 13.0. The minimum atomic E-state index is -4.33. The van der Waals surface area contributed by atoms with Crippen LogP contribution in [0.4, 0.5) is 13.2 Å². The summed E-state index contributed by atoms with van der Waals surface area (Å²) in [6.45, 7) is 2.28. The molecule has 3 aromatic rings. The lowest BCUT2D eigenvalue weighted by atomic mass is 9.97. The van der Waals surface area contributed by atoms with Gasteiger partial charge in [-0.3, -0.25) is 4.90 Å². The SMILES string of the molecule is FC(F)(F)c1cccc(C2=CCN(CCc3ccc(-c4ccccc4)c(Cl)c3Cl)CC2)c1. The van der Waals surface area contributed by atoms with E-state index in [1.54, 1.807) is 6.07 Å². The van der Waals surface area contributed by atoms with Crippen LogP contribution in [-0.4, -0.2) is 24.5 Å². The van der Waals surface area contributed by atoms with E-state index in [1.165, 1.54) is 12.1 Å². The van der Waals surface area contributed by atoms with Gasteiger partial charge in [-0.05, 0) is 47.2 Å². The van der Waals surface area contributed by atoms with Crippen molar-refractivity contribution in [3.63, 3.8) is 0 Å². The van der Waals surface area contributed by atoms with E-state index in [9.17, 15) is 13.2 Å². The van der Waals surface area contributed by atoms with Crippen LogP contribution in [0.1, 0.15) is 23.1 Å². The van der Waals surface area contributed by atoms with Gasteiger partial charge in [0, 0.05) is 25.2 Å². The zero-order valence-corrected chi connectivity index (χ0v) is 18.8. The lowest BCUT2D eigenvalue weighted by molar-refractivity contribution is -0.137. The third kappa shape index (κ3) is 5.20. The first-order valence-electron chi connectivity index (χ1n) is 10.4. The van der Waals surface area contributed by atoms with Crippen molar-refractivity contribution < 1.29 is 13.2 Å². The number of rotatable bonds is 5. The minimum absolute atomic E-state index is 0.556. The van der Waals surface area contributed by atoms with Crippen LogP contribution in [0.2, 0.25) is 10.0 Å². The number of alkyl halides is 3. The Balaban J connectivity index is 1.40. The van der Waals surface area contributed by atoms with Gasteiger partial charge in [0.2, 0.25) is 0 Å². The maximum Gasteiger partial charge on any atom is 0.416 e. The summed E-state index contributed by atoms with van der Waals surface area (Å²) in [5.41, 5.74) is 3.92. The van der Waals surface area contributed by atoms with E-state index in [1.807, 2.05) is 48.5 Å². The molecule has 0 saturated heterocycles. The highest BCUT2D eigenvalue weighted by molar-refractivity contribution is 6.44. The molecule has 0 amide bonds. The monoisotopic (exact) mass is 475 g/mol. The Morgan fingerprint density at radius 3 is 2.28 bits per heavy atom. The second-order valence-electron chi connectivity index (χ2n) is 7.87. The first-order chi connectivity index (χ1) is 15.3. The second-order valence-corrected chi connectivity index (χ2v) is 8.63. The van der Waals surface area contributed by atoms with Crippen molar-refractivity contribution in [2.24, 2.45) is 0 Å². The number of benzene rings is 3. The highest BCUT2D eigenvalue weighted by Gasteiger charge is 2.30. The molecule has 0 N–H and O–H groups in total. The Kier molecular flexibility index (Phi) is 6.94. The van der Waals surface area contributed by atoms with E-state index in [-0.39, 0.29) is 0 Å². The summed E-state index contributed by atoms with van der Waals surface area (Å²) in [4.78, 5) is 2.27. The minimum Gasteiger partial charge on any atom is -0.299 e. The molecule has 0 saturated carbocycles. The predicted octanol–water partition coefficient (Wildman–Crippen LogP) is 8.01. The zero-order valence-electron chi connectivity index (χ0n) is 17.3. The van der Waals surface area contributed by atoms with Crippen molar-refractivity contribution in [2.75, 3.05) is 19.6 Å². The molecule has 4 rings (SSSR count). The molecule has 1 aliphatic heterocycles. The third-order valence-electron chi connectivity index (χ3n) is 5.80. The molecule has 1 nitrogen and oxygen atoms in total. The maximum absolute atomic E-state index is 13.0. The van der Waals surface area contributed by atoms with E-state index in [0.29, 0.717) is 28.6 Å². The average Bonchev–Trinajstić information content (AvgIpc) is 2.80. The second kappa shape index (κ2) is 9.70. The molecule has 1 aliphatic rings. The fourth-order valence-corrected chi connectivity index (χ4v) is 4.53. The highest BCUT2D eigenvalue weighted by Crippen LogP contribution is 2.36. The van der Waals surface area contributed by atoms with Crippen LogP contribution < -0.4 is 0 Å². The predicted molar refractivity (Wildman–Crippen MR) is 126 cm³/mol. The molecule has 166 valence electrons. The van der Waals surface area contributed by atoms with Gasteiger partial charge in [0.05, 0.1) is 15.6 Å². The topological polar surface area (TPSA) is 3.24 Å². The van der Waals surface area contributed by atoms with Crippen LogP contribution in [-0.2, 0) is 12.6 Å². The van der Waals surface area contributed by atoms with Crippen molar-refractivity contribution in [3.05, 3.63) is 99.5 Å². The summed E-state index contributed by atoms with van der Waals surface area (Å²) in [6.07, 6.45) is -0.844. The van der Waals surface area contributed by atoms with E-state index in [4.69, 9.17) is 23.2 Å². The first kappa shape index (κ1) is 22.9. The molecule has 6 heteroatoms. The van der Waals surface area contributed by atoms with Crippen LogP contribution in [0.25, 0.3) is 16.7 Å². The third-order valence-corrected chi connectivity index (χ3v) is 6.72. The molecule has 0 unspecified atom stereocenters. The molecule has 0 aromatic heterocycles. The van der Waals surface area contributed by atoms with Gasteiger partial charge in [-0.25, -0.2) is 0 Å². The summed E-state index contributed by atoms with van der Waals surface area (Å²) in [5, 5.41) is 1.13. The van der Waals surface area contributed by atoms with Gasteiger partial charge in [0.15, 0.2) is 0 Å². The van der Waals surface area contributed by atoms with E-state index < -0.39 is 11.7 Å². The Labute approximate surface area is 196 Å². The van der Waals surface area contributed by atoms with Crippen LogP contribution in [0, 0.1) is 0 Å². The first-order valence-corrected chi connectivity index (χ1v) is 11.2. The molecule has 0 spiro atoms. The van der Waals surface area contributed by atoms with Crippen molar-refractivity contribution in [1.82, 2.24) is 4.90 Å². The van der Waals surface area contributed by atoms with Crippen LogP contribution in [0.15, 0.2) is 72.8 Å². The smallest absolute Gasteiger partial charge is 0.299 e. The van der Waals surface area contributed by atoms with Gasteiger partial charge >= 0.3 is 6.18 Å². The van der Waals surface area contributed by atoms with Crippen molar-refractivity contribution >= 4 is 28.8 Å². The molecule has 0 aliphatic carbocycles. The van der Waals surface area contributed by atoms with Gasteiger partial charge in [0.25, 0.3) is 0 Å². The van der Waals surface area contributed by atoms with Crippen molar-refractivity contribution in [2.45, 2.75) is 19.0 Å². The van der Waals surface area contributed by atoms with Gasteiger partial charge in [-0.1, -0.05) is 83.9 Å². The molecule has 3 aromatic carbocycles. The zero-order chi connectivity index (χ0) is 22.7. The van der Waals surface area contributed by atoms with Crippen molar-refractivity contribution in [3.8, 4) is 11.1 Å². The standard InChI is InChI=1S/C26H22Cl2F3N/c27-24-20(9-10-23(25(24)28)19-5-2-1-3-6-19)13-16-32-14-11-18(12-15-32)21-7-4-8-22(17-21)26(29,30)31/h1-11,17H,12-16H2. The lowest BCUT2D eigenvalue weighted by Gasteiger charge is -2.27. The van der Waals surface area contributed by atoms with E-state index in [2.05, 4.69) is 4.90 Å². The fourth-order valence-electron chi connectivity index (χ4n) is 3.97. The van der Waals surface area contributed by atoms with Gasteiger partial charge in [-0.2, -0.15) is 13.2 Å². The number of nitrogens with zero attached hydrogens (tertiary/aromatic N) is 1. The van der Waals surface area contributed by atoms with Crippen LogP contribution >= 0.6 is 23.2 Å². The van der Waals surface area contributed by atoms with E-state index in [0.717, 1.165) is 47.8 Å². The van der Waals surface area contributed by atoms with Crippen LogP contribution in [0.5, 0.6) is 0 Å². The Hall–Kier alpha value is -2.27. The number of hydrogen-bond acceptors (Lipinski definition) is 1. The molecule has 0 radical (unpaired) electrons. The van der Waals surface area contributed by atoms with Gasteiger partial charge in [0.1, 0.15) is 0 Å². The van der Waals surface area contributed by atoms with Gasteiger partial charge in [-0.15, -0.1) is 0 Å². The number of hydrogen-bond donors (Lipinski definition) is 0. The average molecular weight is 476 g/mol. The summed E-state index contributed by atoms with van der Waals surface area (Å²) >= 11 is 13.1. The van der Waals surface area contributed by atoms with E-state index >= 15 is 0 Å². The molecular formula is C26H22Cl2F3N. The van der Waals surface area contributed by atoms with Crippen LogP contribution in [0.3, 0.4) is 0 Å². The lowest BCUT2D eigenvalue weighted by Crippen LogP contribution is -2.30. The number of halogens is 5. The normalized spacial score (nSPS) is 15.0. The van der Waals surface area contributed by atoms with Gasteiger partial charge < -0.3 is 0 Å². The Morgan fingerprint density at radius 1 is 0.844 bits per heavy atom. The molecule has 32 heavy (non-hydrogen) atoms. The highest BCUT2D eigenvalue weighted by atomic mass is 35.5. The largest absolute Gasteiger partial charge is 0.416 e. The summed E-state index contributed by atoms with van der Waals surface area (Å²) in [7, 11) is 0. The summed E-state index contributed by atoms with van der Waals surface area (Å²) < 4.78 is 39.0. The molecule has 0 fully saturated rings. The Morgan fingerprint density at radius 2 is 1.59 bits per heavy atom. The summed E-state index contributed by atoms with van der Waals surface area (Å²) in [5.74, 6) is 0. The molecule has 1 heterocycles. The quantitative estimate of drug-likeness (QED) is 0.361. The molecule has 0 bridgehead atoms. The molecule has 0 atom stereocenters.